The van der Waals surface area contributed by atoms with E-state index in [1.165, 1.54) is 17.2 Å². The van der Waals surface area contributed by atoms with Gasteiger partial charge in [-0.15, -0.1) is 0 Å². The highest BCUT2D eigenvalue weighted by Gasteiger charge is 2.19. The van der Waals surface area contributed by atoms with Crippen LogP contribution < -0.4 is 10.5 Å². The summed E-state index contributed by atoms with van der Waals surface area (Å²) >= 11 is 0. The molecule has 0 fully saturated rings. The van der Waals surface area contributed by atoms with Gasteiger partial charge in [0.1, 0.15) is 23.3 Å². The van der Waals surface area contributed by atoms with E-state index in [0.717, 1.165) is 0 Å². The molecular formula is C16H11N5O3. The summed E-state index contributed by atoms with van der Waals surface area (Å²) in [4.78, 5) is 24.8. The monoisotopic (exact) mass is 321 g/mol. The van der Waals surface area contributed by atoms with E-state index >= 15 is 0 Å². The minimum atomic E-state index is -0.646. The van der Waals surface area contributed by atoms with Crippen LogP contribution in [-0.2, 0) is 0 Å². The summed E-state index contributed by atoms with van der Waals surface area (Å²) < 4.78 is 11.8. The molecule has 0 aliphatic heterocycles. The first-order valence-electron chi connectivity index (χ1n) is 7.04. The fourth-order valence-electron chi connectivity index (χ4n) is 2.27. The predicted octanol–water partition coefficient (Wildman–Crippen LogP) is 2.72. The Labute approximate surface area is 135 Å². The van der Waals surface area contributed by atoms with Crippen molar-refractivity contribution in [3.8, 4) is 17.2 Å². The maximum atomic E-state index is 12.4. The molecule has 24 heavy (non-hydrogen) atoms. The lowest BCUT2D eigenvalue weighted by Crippen LogP contribution is -2.16. The topological polar surface area (TPSA) is 109 Å². The van der Waals surface area contributed by atoms with Crippen LogP contribution >= 0.6 is 0 Å². The number of imidazole rings is 1. The highest BCUT2D eigenvalue weighted by molar-refractivity contribution is 5.92. The number of hydrogen-bond acceptors (Lipinski definition) is 7. The molecule has 3 heterocycles. The van der Waals surface area contributed by atoms with E-state index in [4.69, 9.17) is 14.9 Å². The molecule has 8 nitrogen and oxygen atoms in total. The van der Waals surface area contributed by atoms with Crippen molar-refractivity contribution >= 4 is 23.2 Å². The molecular weight excluding hydrogens is 310 g/mol. The lowest BCUT2D eigenvalue weighted by molar-refractivity contribution is 0.203. The predicted molar refractivity (Wildman–Crippen MR) is 85.3 cm³/mol. The maximum absolute atomic E-state index is 12.4. The summed E-state index contributed by atoms with van der Waals surface area (Å²) in [5.41, 5.74) is 6.80. The molecule has 3 aromatic heterocycles. The SMILES string of the molecule is Nc1nc(-c2ccco2)c2ncn(C(=O)Oc3ccccc3)c2n1. The fraction of sp³-hybridized carbons (Fsp3) is 0. The van der Waals surface area contributed by atoms with E-state index in [1.807, 2.05) is 6.07 Å². The third kappa shape index (κ3) is 2.35. The van der Waals surface area contributed by atoms with Crippen LogP contribution in [0.3, 0.4) is 0 Å². The Hall–Kier alpha value is -3.68. The molecule has 0 saturated carbocycles. The van der Waals surface area contributed by atoms with Gasteiger partial charge in [-0.05, 0) is 24.3 Å². The van der Waals surface area contributed by atoms with Gasteiger partial charge in [0.25, 0.3) is 0 Å². The summed E-state index contributed by atoms with van der Waals surface area (Å²) in [7, 11) is 0. The number of benzene rings is 1. The van der Waals surface area contributed by atoms with Crippen LogP contribution in [-0.4, -0.2) is 25.6 Å². The molecule has 0 radical (unpaired) electrons. The van der Waals surface area contributed by atoms with Crippen molar-refractivity contribution in [2.24, 2.45) is 0 Å². The maximum Gasteiger partial charge on any atom is 0.426 e. The molecule has 4 rings (SSSR count). The third-order valence-corrected chi connectivity index (χ3v) is 3.31. The van der Waals surface area contributed by atoms with E-state index in [1.54, 1.807) is 36.4 Å². The van der Waals surface area contributed by atoms with Crippen LogP contribution in [0.15, 0.2) is 59.5 Å². The van der Waals surface area contributed by atoms with E-state index in [2.05, 4.69) is 15.0 Å². The fourth-order valence-corrected chi connectivity index (χ4v) is 2.27. The normalized spacial score (nSPS) is 10.8. The Kier molecular flexibility index (Phi) is 3.20. The smallest absolute Gasteiger partial charge is 0.426 e. The van der Waals surface area contributed by atoms with Crippen LogP contribution in [0.5, 0.6) is 5.75 Å². The Morgan fingerprint density at radius 2 is 1.96 bits per heavy atom. The van der Waals surface area contributed by atoms with Gasteiger partial charge in [0.2, 0.25) is 5.95 Å². The Morgan fingerprint density at radius 1 is 1.12 bits per heavy atom. The number of fused-ring (bicyclic) bond motifs is 1. The molecule has 118 valence electrons. The molecule has 0 amide bonds. The summed E-state index contributed by atoms with van der Waals surface area (Å²) in [6.07, 6.45) is 2.18. The van der Waals surface area contributed by atoms with E-state index in [9.17, 15) is 4.79 Å². The number of carbonyl (C=O) groups is 1. The minimum Gasteiger partial charge on any atom is -0.463 e. The summed E-state index contributed by atoms with van der Waals surface area (Å²) in [6, 6.07) is 12.2. The first-order valence-corrected chi connectivity index (χ1v) is 7.04. The molecule has 0 bridgehead atoms. The van der Waals surface area contributed by atoms with Crippen molar-refractivity contribution in [3.05, 3.63) is 55.1 Å². The largest absolute Gasteiger partial charge is 0.463 e. The number of hydrogen-bond donors (Lipinski definition) is 1. The lowest BCUT2D eigenvalue weighted by Gasteiger charge is -2.05. The van der Waals surface area contributed by atoms with Crippen molar-refractivity contribution in [1.82, 2.24) is 19.5 Å². The Balaban J connectivity index is 1.79. The average Bonchev–Trinajstić information content (AvgIpc) is 3.24. The van der Waals surface area contributed by atoms with Gasteiger partial charge in [-0.25, -0.2) is 19.3 Å². The van der Waals surface area contributed by atoms with Gasteiger partial charge in [-0.3, -0.25) is 0 Å². The minimum absolute atomic E-state index is 0.00293. The molecule has 0 spiro atoms. The van der Waals surface area contributed by atoms with Crippen LogP contribution in [0.2, 0.25) is 0 Å². The zero-order valence-corrected chi connectivity index (χ0v) is 12.3. The number of nitrogen functional groups attached to an aromatic ring is 1. The van der Waals surface area contributed by atoms with Crippen LogP contribution in [0, 0.1) is 0 Å². The summed E-state index contributed by atoms with van der Waals surface area (Å²) in [5, 5.41) is 0. The van der Waals surface area contributed by atoms with E-state index in [-0.39, 0.29) is 11.6 Å². The molecule has 0 aliphatic carbocycles. The van der Waals surface area contributed by atoms with Gasteiger partial charge < -0.3 is 14.9 Å². The molecule has 0 atom stereocenters. The Bertz CT molecular complexity index is 1010. The number of nitrogens with zero attached hydrogens (tertiary/aromatic N) is 4. The molecule has 0 saturated heterocycles. The first-order chi connectivity index (χ1) is 11.7. The molecule has 8 heteroatoms. The highest BCUT2D eigenvalue weighted by Crippen LogP contribution is 2.26. The number of carbonyl (C=O) groups excluding carboxylic acids is 1. The van der Waals surface area contributed by atoms with Gasteiger partial charge in [0.05, 0.1) is 6.26 Å². The first kappa shape index (κ1) is 13.9. The summed E-state index contributed by atoms with van der Waals surface area (Å²) in [6.45, 7) is 0. The molecule has 0 aliphatic rings. The number of para-hydroxylation sites is 1. The van der Waals surface area contributed by atoms with Crippen LogP contribution in [0.4, 0.5) is 10.7 Å². The number of nitrogens with two attached hydrogens (primary N) is 1. The molecule has 4 aromatic rings. The Morgan fingerprint density at radius 3 is 2.71 bits per heavy atom. The second kappa shape index (κ2) is 5.51. The van der Waals surface area contributed by atoms with Crippen molar-refractivity contribution in [3.63, 3.8) is 0 Å². The zero-order chi connectivity index (χ0) is 16.5. The standard InChI is InChI=1S/C16H11N5O3/c17-15-19-12(11-7-4-8-23-11)13-14(20-15)21(9-18-13)16(22)24-10-5-2-1-3-6-10/h1-9H,(H2,17,19,20). The van der Waals surface area contributed by atoms with Crippen molar-refractivity contribution in [1.29, 1.82) is 0 Å². The number of anilines is 1. The quantitative estimate of drug-likeness (QED) is 0.604. The number of aromatic nitrogens is 4. The molecule has 0 unspecified atom stereocenters. The van der Waals surface area contributed by atoms with Crippen molar-refractivity contribution < 1.29 is 13.9 Å². The number of rotatable bonds is 2. The van der Waals surface area contributed by atoms with Gasteiger partial charge in [-0.1, -0.05) is 18.2 Å². The van der Waals surface area contributed by atoms with Crippen LogP contribution in [0.1, 0.15) is 0 Å². The zero-order valence-electron chi connectivity index (χ0n) is 12.3. The second-order valence-corrected chi connectivity index (χ2v) is 4.88. The second-order valence-electron chi connectivity index (χ2n) is 4.88. The summed E-state index contributed by atoms with van der Waals surface area (Å²) in [5.74, 6) is 0.900. The number of furan rings is 1. The van der Waals surface area contributed by atoms with Crippen molar-refractivity contribution in [2.75, 3.05) is 5.73 Å². The van der Waals surface area contributed by atoms with Crippen LogP contribution in [0.25, 0.3) is 22.6 Å². The highest BCUT2D eigenvalue weighted by atomic mass is 16.6. The van der Waals surface area contributed by atoms with Gasteiger partial charge in [0.15, 0.2) is 11.4 Å². The van der Waals surface area contributed by atoms with Gasteiger partial charge in [-0.2, -0.15) is 4.98 Å². The lowest BCUT2D eigenvalue weighted by atomic mass is 10.3. The average molecular weight is 321 g/mol. The van der Waals surface area contributed by atoms with E-state index < -0.39 is 6.09 Å². The number of ether oxygens (including phenoxy) is 1. The molecule has 2 N–H and O–H groups in total. The van der Waals surface area contributed by atoms with Gasteiger partial charge in [0, 0.05) is 0 Å². The van der Waals surface area contributed by atoms with Gasteiger partial charge >= 0.3 is 6.09 Å². The third-order valence-electron chi connectivity index (χ3n) is 3.31. The van der Waals surface area contributed by atoms with E-state index in [0.29, 0.717) is 22.7 Å². The van der Waals surface area contributed by atoms with Crippen molar-refractivity contribution in [2.45, 2.75) is 0 Å². The molecule has 1 aromatic carbocycles.